The van der Waals surface area contributed by atoms with Gasteiger partial charge in [-0.25, -0.2) is 0 Å². The summed E-state index contributed by atoms with van der Waals surface area (Å²) >= 11 is 0. The second-order valence-electron chi connectivity index (χ2n) is 6.96. The molecule has 0 spiro atoms. The summed E-state index contributed by atoms with van der Waals surface area (Å²) in [6.07, 6.45) is 5.80. The van der Waals surface area contributed by atoms with Crippen LogP contribution in [0.25, 0.3) is 0 Å². The first kappa shape index (κ1) is 17.2. The SMILES string of the molecule is Cc1c[nH]c(CN2CCO[C@H](CCCC(C)C)C2)c(C)c1=O. The van der Waals surface area contributed by atoms with Crippen LogP contribution in [0.15, 0.2) is 11.0 Å². The van der Waals surface area contributed by atoms with E-state index >= 15 is 0 Å². The van der Waals surface area contributed by atoms with E-state index in [0.29, 0.717) is 6.10 Å². The first-order valence-electron chi connectivity index (χ1n) is 8.49. The van der Waals surface area contributed by atoms with Crippen molar-refractivity contribution in [3.63, 3.8) is 0 Å². The molecule has 1 atom stereocenters. The highest BCUT2D eigenvalue weighted by atomic mass is 16.5. The smallest absolute Gasteiger partial charge is 0.187 e. The number of nitrogens with one attached hydrogen (secondary N) is 1. The molecule has 0 amide bonds. The van der Waals surface area contributed by atoms with Crippen molar-refractivity contribution in [3.05, 3.63) is 33.2 Å². The van der Waals surface area contributed by atoms with E-state index in [9.17, 15) is 4.79 Å². The monoisotopic (exact) mass is 306 g/mol. The molecule has 0 radical (unpaired) electrons. The molecule has 1 aliphatic rings. The van der Waals surface area contributed by atoms with E-state index in [0.717, 1.165) is 55.4 Å². The van der Waals surface area contributed by atoms with Crippen molar-refractivity contribution in [2.24, 2.45) is 5.92 Å². The Bertz CT molecular complexity index is 536. The predicted molar refractivity (Wildman–Crippen MR) is 90.2 cm³/mol. The Hall–Kier alpha value is -1.13. The molecule has 2 heterocycles. The van der Waals surface area contributed by atoms with Crippen LogP contribution < -0.4 is 5.43 Å². The van der Waals surface area contributed by atoms with Gasteiger partial charge >= 0.3 is 0 Å². The first-order chi connectivity index (χ1) is 10.5. The number of H-pyrrole nitrogens is 1. The van der Waals surface area contributed by atoms with Crippen LogP contribution in [0.5, 0.6) is 0 Å². The van der Waals surface area contributed by atoms with Gasteiger partial charge in [-0.05, 0) is 26.2 Å². The zero-order valence-corrected chi connectivity index (χ0v) is 14.4. The maximum absolute atomic E-state index is 12.0. The van der Waals surface area contributed by atoms with E-state index in [-0.39, 0.29) is 5.43 Å². The fourth-order valence-corrected chi connectivity index (χ4v) is 3.04. The Morgan fingerprint density at radius 2 is 2.18 bits per heavy atom. The molecule has 1 aromatic heterocycles. The third-order valence-electron chi connectivity index (χ3n) is 4.53. The van der Waals surface area contributed by atoms with Gasteiger partial charge in [0.1, 0.15) is 0 Å². The van der Waals surface area contributed by atoms with Crippen molar-refractivity contribution >= 4 is 0 Å². The highest BCUT2D eigenvalue weighted by Gasteiger charge is 2.21. The summed E-state index contributed by atoms with van der Waals surface area (Å²) in [5, 5.41) is 0. The average molecular weight is 306 g/mol. The van der Waals surface area contributed by atoms with Crippen LogP contribution in [0.4, 0.5) is 0 Å². The fraction of sp³-hybridized carbons (Fsp3) is 0.722. The molecule has 0 saturated carbocycles. The molecular weight excluding hydrogens is 276 g/mol. The molecule has 1 N–H and O–H groups in total. The van der Waals surface area contributed by atoms with Gasteiger partial charge in [-0.1, -0.05) is 26.7 Å². The molecule has 1 saturated heterocycles. The van der Waals surface area contributed by atoms with Crippen molar-refractivity contribution in [2.75, 3.05) is 19.7 Å². The van der Waals surface area contributed by atoms with Crippen molar-refractivity contribution in [1.82, 2.24) is 9.88 Å². The Morgan fingerprint density at radius 3 is 2.91 bits per heavy atom. The highest BCUT2D eigenvalue weighted by molar-refractivity contribution is 5.23. The lowest BCUT2D eigenvalue weighted by Crippen LogP contribution is -2.42. The van der Waals surface area contributed by atoms with E-state index in [1.165, 1.54) is 12.8 Å². The minimum atomic E-state index is 0.162. The number of pyridine rings is 1. The fourth-order valence-electron chi connectivity index (χ4n) is 3.04. The van der Waals surface area contributed by atoms with Crippen molar-refractivity contribution in [1.29, 1.82) is 0 Å². The van der Waals surface area contributed by atoms with Gasteiger partial charge < -0.3 is 9.72 Å². The molecule has 0 aliphatic carbocycles. The Labute approximate surface area is 133 Å². The summed E-state index contributed by atoms with van der Waals surface area (Å²) in [5.74, 6) is 0.764. The normalized spacial score (nSPS) is 19.8. The van der Waals surface area contributed by atoms with Gasteiger partial charge in [0.05, 0.1) is 12.7 Å². The molecule has 1 fully saturated rings. The van der Waals surface area contributed by atoms with Crippen LogP contribution in [-0.2, 0) is 11.3 Å². The summed E-state index contributed by atoms with van der Waals surface area (Å²) < 4.78 is 5.89. The lowest BCUT2D eigenvalue weighted by molar-refractivity contribution is -0.0364. The zero-order valence-electron chi connectivity index (χ0n) is 14.4. The van der Waals surface area contributed by atoms with Crippen molar-refractivity contribution < 1.29 is 4.74 Å². The number of aryl methyl sites for hydroxylation is 1. The molecule has 22 heavy (non-hydrogen) atoms. The molecule has 0 bridgehead atoms. The largest absolute Gasteiger partial charge is 0.376 e. The summed E-state index contributed by atoms with van der Waals surface area (Å²) in [6.45, 7) is 11.8. The molecule has 1 aromatic rings. The molecule has 0 aromatic carbocycles. The molecule has 2 rings (SSSR count). The van der Waals surface area contributed by atoms with Crippen LogP contribution in [0.1, 0.15) is 49.9 Å². The quantitative estimate of drug-likeness (QED) is 0.878. The molecule has 124 valence electrons. The molecule has 4 nitrogen and oxygen atoms in total. The van der Waals surface area contributed by atoms with E-state index in [1.807, 2.05) is 20.0 Å². The van der Waals surface area contributed by atoms with Gasteiger partial charge in [-0.3, -0.25) is 9.69 Å². The maximum atomic E-state index is 12.0. The van der Waals surface area contributed by atoms with E-state index in [4.69, 9.17) is 4.74 Å². The van der Waals surface area contributed by atoms with Gasteiger partial charge in [-0.15, -0.1) is 0 Å². The predicted octanol–water partition coefficient (Wildman–Crippen LogP) is 3.02. The molecular formula is C18H30N2O2. The Balaban J connectivity index is 1.90. The van der Waals surface area contributed by atoms with Crippen molar-refractivity contribution in [3.8, 4) is 0 Å². The number of hydrogen-bond donors (Lipinski definition) is 1. The second-order valence-corrected chi connectivity index (χ2v) is 6.96. The lowest BCUT2D eigenvalue weighted by Gasteiger charge is -2.33. The third-order valence-corrected chi connectivity index (χ3v) is 4.53. The highest BCUT2D eigenvalue weighted by Crippen LogP contribution is 2.16. The Kier molecular flexibility index (Phi) is 6.21. The van der Waals surface area contributed by atoms with Gasteiger partial charge in [-0.2, -0.15) is 0 Å². The van der Waals surface area contributed by atoms with Crippen molar-refractivity contribution in [2.45, 2.75) is 59.6 Å². The first-order valence-corrected chi connectivity index (χ1v) is 8.49. The number of ether oxygens (including phenoxy) is 1. The van der Waals surface area contributed by atoms with Crippen LogP contribution >= 0.6 is 0 Å². The van der Waals surface area contributed by atoms with Gasteiger partial charge in [0.15, 0.2) is 5.43 Å². The van der Waals surface area contributed by atoms with Crippen LogP contribution in [-0.4, -0.2) is 35.7 Å². The summed E-state index contributed by atoms with van der Waals surface area (Å²) in [4.78, 5) is 17.7. The number of aromatic amines is 1. The third kappa shape index (κ3) is 4.68. The number of hydrogen-bond acceptors (Lipinski definition) is 3. The summed E-state index contributed by atoms with van der Waals surface area (Å²) in [5.41, 5.74) is 2.84. The number of morpholine rings is 1. The summed E-state index contributed by atoms with van der Waals surface area (Å²) in [7, 11) is 0. The van der Waals surface area contributed by atoms with Gasteiger partial charge in [0.2, 0.25) is 0 Å². The number of rotatable bonds is 6. The van der Waals surface area contributed by atoms with E-state index in [2.05, 4.69) is 23.7 Å². The average Bonchev–Trinajstić information content (AvgIpc) is 2.48. The second kappa shape index (κ2) is 7.93. The number of aromatic nitrogens is 1. The molecule has 0 unspecified atom stereocenters. The van der Waals surface area contributed by atoms with E-state index < -0.39 is 0 Å². The molecule has 1 aliphatic heterocycles. The van der Waals surface area contributed by atoms with Gasteiger partial charge in [0, 0.05) is 42.7 Å². The van der Waals surface area contributed by atoms with Crippen LogP contribution in [0, 0.1) is 19.8 Å². The minimum Gasteiger partial charge on any atom is -0.376 e. The maximum Gasteiger partial charge on any atom is 0.187 e. The Morgan fingerprint density at radius 1 is 1.41 bits per heavy atom. The minimum absolute atomic E-state index is 0.162. The lowest BCUT2D eigenvalue weighted by atomic mass is 10.0. The molecule has 4 heteroatoms. The topological polar surface area (TPSA) is 45.3 Å². The standard InChI is InChI=1S/C18H30N2O2/c1-13(2)6-5-7-16-11-20(8-9-22-16)12-17-15(4)18(21)14(3)10-19-17/h10,13,16H,5-9,11-12H2,1-4H3,(H,19,21)/t16-/m1/s1. The summed E-state index contributed by atoms with van der Waals surface area (Å²) in [6, 6.07) is 0. The van der Waals surface area contributed by atoms with Gasteiger partial charge in [0.25, 0.3) is 0 Å². The number of nitrogens with zero attached hydrogens (tertiary/aromatic N) is 1. The van der Waals surface area contributed by atoms with Crippen LogP contribution in [0.2, 0.25) is 0 Å². The van der Waals surface area contributed by atoms with Crippen LogP contribution in [0.3, 0.4) is 0 Å². The zero-order chi connectivity index (χ0) is 16.1. The van der Waals surface area contributed by atoms with E-state index in [1.54, 1.807) is 0 Å².